The molecule has 1 fully saturated rings. The molecule has 10 nitrogen and oxygen atoms in total. The number of aromatic nitrogens is 2. The van der Waals surface area contributed by atoms with Crippen LogP contribution in [0.25, 0.3) is 11.1 Å². The number of anilines is 1. The minimum absolute atomic E-state index is 0.102. The SMILES string of the molecule is O=C(Nc1nonc1C(=O)NC[C@@H]1C[C@@H]1C(=O)O)OCC1c2ccccc2-c2ccccc21. The summed E-state index contributed by atoms with van der Waals surface area (Å²) in [5.74, 6) is -2.35. The molecule has 0 spiro atoms. The number of nitrogens with zero attached hydrogens (tertiary/aromatic N) is 2. The summed E-state index contributed by atoms with van der Waals surface area (Å²) in [6.07, 6.45) is -0.285. The van der Waals surface area contributed by atoms with Gasteiger partial charge in [0.1, 0.15) is 6.61 Å². The lowest BCUT2D eigenvalue weighted by Gasteiger charge is -2.14. The number of carboxylic acids is 1. The second-order valence-electron chi connectivity index (χ2n) is 8.06. The fourth-order valence-electron chi connectivity index (χ4n) is 4.23. The Morgan fingerprint density at radius 1 is 1.03 bits per heavy atom. The van der Waals surface area contributed by atoms with E-state index in [1.54, 1.807) is 0 Å². The molecule has 10 heteroatoms. The Balaban J connectivity index is 1.20. The molecule has 0 radical (unpaired) electrons. The minimum atomic E-state index is -0.880. The second-order valence-corrected chi connectivity index (χ2v) is 8.06. The summed E-state index contributed by atoms with van der Waals surface area (Å²) < 4.78 is 10.0. The van der Waals surface area contributed by atoms with Gasteiger partial charge in [-0.2, -0.15) is 0 Å². The number of aliphatic carboxylic acids is 1. The van der Waals surface area contributed by atoms with Crippen molar-refractivity contribution < 1.29 is 28.9 Å². The van der Waals surface area contributed by atoms with E-state index in [9.17, 15) is 14.4 Å². The van der Waals surface area contributed by atoms with Gasteiger partial charge in [-0.05, 0) is 44.9 Å². The van der Waals surface area contributed by atoms with E-state index in [4.69, 9.17) is 9.84 Å². The molecule has 5 rings (SSSR count). The number of amides is 2. The summed E-state index contributed by atoms with van der Waals surface area (Å²) >= 11 is 0. The minimum Gasteiger partial charge on any atom is -0.481 e. The van der Waals surface area contributed by atoms with E-state index in [0.717, 1.165) is 22.3 Å². The maximum Gasteiger partial charge on any atom is 0.412 e. The summed E-state index contributed by atoms with van der Waals surface area (Å²) in [6, 6.07) is 16.0. The summed E-state index contributed by atoms with van der Waals surface area (Å²) in [5, 5.41) is 21.0. The van der Waals surface area contributed by atoms with Gasteiger partial charge in [0.05, 0.1) is 5.92 Å². The van der Waals surface area contributed by atoms with Gasteiger partial charge in [-0.15, -0.1) is 0 Å². The van der Waals surface area contributed by atoms with E-state index in [-0.39, 0.29) is 36.5 Å². The molecule has 2 atom stereocenters. The molecule has 0 saturated heterocycles. The van der Waals surface area contributed by atoms with Crippen LogP contribution in [0.3, 0.4) is 0 Å². The van der Waals surface area contributed by atoms with Crippen molar-refractivity contribution in [2.24, 2.45) is 11.8 Å². The number of hydrogen-bond donors (Lipinski definition) is 3. The molecule has 0 aliphatic heterocycles. The van der Waals surface area contributed by atoms with Crippen LogP contribution >= 0.6 is 0 Å². The van der Waals surface area contributed by atoms with Gasteiger partial charge >= 0.3 is 12.1 Å². The molecule has 2 aliphatic carbocycles. The Morgan fingerprint density at radius 3 is 2.33 bits per heavy atom. The average Bonchev–Trinajstić information content (AvgIpc) is 3.35. The molecule has 0 bridgehead atoms. The number of carbonyl (C=O) groups excluding carboxylic acids is 2. The maximum atomic E-state index is 12.4. The van der Waals surface area contributed by atoms with E-state index < -0.39 is 23.9 Å². The molecule has 3 aromatic rings. The Kier molecular flexibility index (Phi) is 5.25. The molecule has 2 aliphatic rings. The smallest absolute Gasteiger partial charge is 0.412 e. The van der Waals surface area contributed by atoms with Crippen LogP contribution in [0.5, 0.6) is 0 Å². The van der Waals surface area contributed by atoms with Gasteiger partial charge in [0.2, 0.25) is 11.5 Å². The van der Waals surface area contributed by atoms with Gasteiger partial charge in [-0.3, -0.25) is 14.9 Å². The molecule has 1 aromatic heterocycles. The zero-order chi connectivity index (χ0) is 22.9. The average molecular weight is 448 g/mol. The zero-order valence-electron chi connectivity index (χ0n) is 17.4. The molecule has 3 N–H and O–H groups in total. The van der Waals surface area contributed by atoms with Crippen LogP contribution in [0, 0.1) is 11.8 Å². The highest BCUT2D eigenvalue weighted by Crippen LogP contribution is 2.44. The van der Waals surface area contributed by atoms with Crippen molar-refractivity contribution in [1.82, 2.24) is 15.6 Å². The molecular weight excluding hydrogens is 428 g/mol. The largest absolute Gasteiger partial charge is 0.481 e. The number of hydrogen-bond acceptors (Lipinski definition) is 7. The first-order valence-electron chi connectivity index (χ1n) is 10.5. The van der Waals surface area contributed by atoms with E-state index >= 15 is 0 Å². The van der Waals surface area contributed by atoms with Crippen molar-refractivity contribution in [1.29, 1.82) is 0 Å². The first kappa shape index (κ1) is 20.7. The summed E-state index contributed by atoms with van der Waals surface area (Å²) in [5.41, 5.74) is 4.17. The number of carbonyl (C=O) groups is 3. The standard InChI is InChI=1S/C23H20N4O6/c28-21(24-10-12-9-17(12)22(29)30)19-20(27-33-26-19)25-23(31)32-11-18-15-7-3-1-5-13(15)14-6-2-4-8-16(14)18/h1-8,12,17-18H,9-11H2,(H,24,28)(H,29,30)(H,25,27,31)/t12-,17-/m0/s1. The third kappa shape index (κ3) is 4.02. The van der Waals surface area contributed by atoms with Gasteiger partial charge in [-0.1, -0.05) is 48.5 Å². The first-order valence-corrected chi connectivity index (χ1v) is 10.5. The third-order valence-corrected chi connectivity index (χ3v) is 6.03. The monoisotopic (exact) mass is 448 g/mol. The Morgan fingerprint density at radius 2 is 1.70 bits per heavy atom. The van der Waals surface area contributed by atoms with Gasteiger partial charge in [0, 0.05) is 12.5 Å². The molecule has 33 heavy (non-hydrogen) atoms. The number of benzene rings is 2. The Hall–Kier alpha value is -4.21. The highest BCUT2D eigenvalue weighted by molar-refractivity contribution is 5.99. The van der Waals surface area contributed by atoms with Crippen molar-refractivity contribution in [2.45, 2.75) is 12.3 Å². The van der Waals surface area contributed by atoms with Gasteiger partial charge in [-0.25, -0.2) is 9.42 Å². The number of rotatable bonds is 7. The topological polar surface area (TPSA) is 144 Å². The first-order chi connectivity index (χ1) is 16.0. The lowest BCUT2D eigenvalue weighted by Crippen LogP contribution is -2.28. The number of ether oxygens (including phenoxy) is 1. The summed E-state index contributed by atoms with van der Waals surface area (Å²) in [7, 11) is 0. The number of fused-ring (bicyclic) bond motifs is 3. The fourth-order valence-corrected chi connectivity index (χ4v) is 4.23. The van der Waals surface area contributed by atoms with Gasteiger partial charge in [0.25, 0.3) is 5.91 Å². The van der Waals surface area contributed by atoms with E-state index in [0.29, 0.717) is 6.42 Å². The van der Waals surface area contributed by atoms with Gasteiger partial charge in [0.15, 0.2) is 0 Å². The van der Waals surface area contributed by atoms with Crippen molar-refractivity contribution >= 4 is 23.8 Å². The van der Waals surface area contributed by atoms with Crippen LogP contribution in [0.2, 0.25) is 0 Å². The summed E-state index contributed by atoms with van der Waals surface area (Å²) in [6.45, 7) is 0.290. The van der Waals surface area contributed by atoms with Crippen molar-refractivity contribution in [3.63, 3.8) is 0 Å². The van der Waals surface area contributed by atoms with Crippen LogP contribution in [0.4, 0.5) is 10.6 Å². The fraction of sp³-hybridized carbons (Fsp3) is 0.261. The molecular formula is C23H20N4O6. The van der Waals surface area contributed by atoms with E-state index in [2.05, 4.69) is 25.6 Å². The van der Waals surface area contributed by atoms with Crippen LogP contribution in [-0.4, -0.2) is 46.5 Å². The van der Waals surface area contributed by atoms with E-state index in [1.807, 2.05) is 48.5 Å². The van der Waals surface area contributed by atoms with E-state index in [1.165, 1.54) is 0 Å². The molecule has 1 heterocycles. The summed E-state index contributed by atoms with van der Waals surface area (Å²) in [4.78, 5) is 35.7. The molecule has 0 unspecified atom stereocenters. The van der Waals surface area contributed by atoms with Crippen molar-refractivity contribution in [3.05, 3.63) is 65.4 Å². The molecule has 1 saturated carbocycles. The third-order valence-electron chi connectivity index (χ3n) is 6.03. The lowest BCUT2D eigenvalue weighted by molar-refractivity contribution is -0.138. The predicted molar refractivity (Wildman–Crippen MR) is 115 cm³/mol. The molecule has 2 amide bonds. The van der Waals surface area contributed by atoms with Crippen molar-refractivity contribution in [3.8, 4) is 11.1 Å². The highest BCUT2D eigenvalue weighted by atomic mass is 16.6. The quantitative estimate of drug-likeness (QED) is 0.501. The van der Waals surface area contributed by atoms with Crippen LogP contribution in [0.15, 0.2) is 53.2 Å². The Bertz CT molecular complexity index is 1190. The van der Waals surface area contributed by atoms with Crippen LogP contribution in [0.1, 0.15) is 34.0 Å². The van der Waals surface area contributed by atoms with Crippen molar-refractivity contribution in [2.75, 3.05) is 18.5 Å². The van der Waals surface area contributed by atoms with Crippen LogP contribution < -0.4 is 10.6 Å². The number of nitrogens with one attached hydrogen (secondary N) is 2. The number of carboxylic acid groups (broad SMARTS) is 1. The predicted octanol–water partition coefficient (Wildman–Crippen LogP) is 2.88. The zero-order valence-corrected chi connectivity index (χ0v) is 17.4. The molecule has 168 valence electrons. The Labute approximate surface area is 187 Å². The second kappa shape index (κ2) is 8.38. The maximum absolute atomic E-state index is 12.4. The normalized spacial score (nSPS) is 18.2. The molecule has 2 aromatic carbocycles. The lowest BCUT2D eigenvalue weighted by atomic mass is 9.98. The van der Waals surface area contributed by atoms with Crippen LogP contribution in [-0.2, 0) is 9.53 Å². The highest BCUT2D eigenvalue weighted by Gasteiger charge is 2.43. The van der Waals surface area contributed by atoms with Gasteiger partial charge < -0.3 is 15.2 Å².